The van der Waals surface area contributed by atoms with Crippen LogP contribution in [0.15, 0.2) is 42.5 Å². The first-order valence-electron chi connectivity index (χ1n) is 8.49. The van der Waals surface area contributed by atoms with Crippen molar-refractivity contribution in [3.63, 3.8) is 0 Å². The molecular formula is C19H21ClN4O2S. The van der Waals surface area contributed by atoms with Gasteiger partial charge in [0.2, 0.25) is 4.77 Å². The molecule has 2 N–H and O–H groups in total. The van der Waals surface area contributed by atoms with Gasteiger partial charge in [-0.05, 0) is 32.1 Å². The van der Waals surface area contributed by atoms with E-state index in [-0.39, 0.29) is 6.10 Å². The molecular weight excluding hydrogens is 384 g/mol. The Morgan fingerprint density at radius 3 is 2.67 bits per heavy atom. The highest BCUT2D eigenvalue weighted by Gasteiger charge is 2.15. The maximum atomic E-state index is 6.25. The van der Waals surface area contributed by atoms with E-state index in [1.165, 1.54) is 0 Å². The second kappa shape index (κ2) is 8.45. The number of halogens is 1. The van der Waals surface area contributed by atoms with Crippen molar-refractivity contribution in [2.24, 2.45) is 0 Å². The van der Waals surface area contributed by atoms with Gasteiger partial charge in [0.1, 0.15) is 0 Å². The zero-order chi connectivity index (χ0) is 19.4. The monoisotopic (exact) mass is 404 g/mol. The first kappa shape index (κ1) is 19.3. The number of rotatable bonds is 7. The Hall–Kier alpha value is -2.51. The minimum atomic E-state index is -0.00482. The van der Waals surface area contributed by atoms with Crippen LogP contribution in [0.4, 0.5) is 0 Å². The number of hydrogen-bond acceptors (Lipinski definition) is 5. The molecule has 0 bridgehead atoms. The highest BCUT2D eigenvalue weighted by Crippen LogP contribution is 2.35. The molecule has 0 atom stereocenters. The summed E-state index contributed by atoms with van der Waals surface area (Å²) >= 11 is 11.6. The van der Waals surface area contributed by atoms with E-state index in [1.54, 1.807) is 17.9 Å². The van der Waals surface area contributed by atoms with Gasteiger partial charge in [-0.3, -0.25) is 0 Å². The third kappa shape index (κ3) is 4.43. The van der Waals surface area contributed by atoms with Crippen LogP contribution in [0.5, 0.6) is 11.5 Å². The van der Waals surface area contributed by atoms with Crippen LogP contribution in [0.25, 0.3) is 11.4 Å². The lowest BCUT2D eigenvalue weighted by Crippen LogP contribution is -2.17. The second-order valence-corrected chi connectivity index (χ2v) is 6.97. The fourth-order valence-electron chi connectivity index (χ4n) is 2.66. The van der Waals surface area contributed by atoms with Crippen LogP contribution in [0, 0.1) is 4.77 Å². The van der Waals surface area contributed by atoms with Gasteiger partial charge in [-0.15, -0.1) is 0 Å². The summed E-state index contributed by atoms with van der Waals surface area (Å²) in [6.45, 7) is 4.35. The second-order valence-electron chi connectivity index (χ2n) is 6.15. The summed E-state index contributed by atoms with van der Waals surface area (Å²) in [7, 11) is 1.59. The zero-order valence-electron chi connectivity index (χ0n) is 15.3. The number of ether oxygens (including phenoxy) is 2. The van der Waals surface area contributed by atoms with Crippen LogP contribution in [0.3, 0.4) is 0 Å². The van der Waals surface area contributed by atoms with Crippen LogP contribution in [-0.2, 0) is 6.54 Å². The van der Waals surface area contributed by atoms with Crippen molar-refractivity contribution in [2.45, 2.75) is 26.5 Å². The summed E-state index contributed by atoms with van der Waals surface area (Å²) in [6.07, 6.45) is -0.00482. The van der Waals surface area contributed by atoms with Crippen LogP contribution >= 0.6 is 23.8 Å². The van der Waals surface area contributed by atoms with Crippen LogP contribution in [-0.4, -0.2) is 28.1 Å². The third-order valence-electron chi connectivity index (χ3n) is 3.80. The lowest BCUT2D eigenvalue weighted by molar-refractivity contribution is 0.227. The van der Waals surface area contributed by atoms with Crippen molar-refractivity contribution in [1.29, 1.82) is 0 Å². The van der Waals surface area contributed by atoms with Gasteiger partial charge in [-0.1, -0.05) is 41.9 Å². The standard InChI is InChI=1S/C19H21ClN4O2S/c1-12(2)26-17-14(9-15(20)10-16(17)25-3)11-21-24-18(22-23-19(24)27)13-7-5-4-6-8-13/h4-10,12,21H,11H2,1-3H3,(H,23,27). The van der Waals surface area contributed by atoms with Crippen LogP contribution in [0.1, 0.15) is 19.4 Å². The molecule has 0 aliphatic carbocycles. The topological polar surface area (TPSA) is 64.1 Å². The molecule has 0 spiro atoms. The zero-order valence-corrected chi connectivity index (χ0v) is 16.9. The van der Waals surface area contributed by atoms with Crippen LogP contribution < -0.4 is 14.9 Å². The van der Waals surface area contributed by atoms with Crippen molar-refractivity contribution in [1.82, 2.24) is 14.9 Å². The van der Waals surface area contributed by atoms with E-state index < -0.39 is 0 Å². The minimum absolute atomic E-state index is 0.00482. The molecule has 0 radical (unpaired) electrons. The third-order valence-corrected chi connectivity index (χ3v) is 4.29. The lowest BCUT2D eigenvalue weighted by atomic mass is 10.2. The molecule has 2 aromatic carbocycles. The van der Waals surface area contributed by atoms with Crippen molar-refractivity contribution in [3.05, 3.63) is 57.8 Å². The highest BCUT2D eigenvalue weighted by molar-refractivity contribution is 7.71. The fraction of sp³-hybridized carbons (Fsp3) is 0.263. The van der Waals surface area contributed by atoms with Gasteiger partial charge >= 0.3 is 0 Å². The average molecular weight is 405 g/mol. The van der Waals surface area contributed by atoms with Crippen molar-refractivity contribution >= 4 is 23.8 Å². The Bertz CT molecular complexity index is 970. The summed E-state index contributed by atoms with van der Waals surface area (Å²) in [5, 5.41) is 7.71. The molecule has 1 aromatic heterocycles. The Labute approximate surface area is 168 Å². The molecule has 8 heteroatoms. The van der Waals surface area contributed by atoms with Gasteiger partial charge in [0.25, 0.3) is 0 Å². The van der Waals surface area contributed by atoms with Crippen LogP contribution in [0.2, 0.25) is 5.02 Å². The smallest absolute Gasteiger partial charge is 0.214 e. The summed E-state index contributed by atoms with van der Waals surface area (Å²) < 4.78 is 13.6. The fourth-order valence-corrected chi connectivity index (χ4v) is 3.09. The molecule has 6 nitrogen and oxygen atoms in total. The number of H-pyrrole nitrogens is 1. The molecule has 3 rings (SSSR count). The van der Waals surface area contributed by atoms with Gasteiger partial charge < -0.3 is 14.9 Å². The molecule has 0 unspecified atom stereocenters. The number of aromatic amines is 1. The van der Waals surface area contributed by atoms with Crippen molar-refractivity contribution in [3.8, 4) is 22.9 Å². The van der Waals surface area contributed by atoms with E-state index in [0.29, 0.717) is 33.7 Å². The molecule has 27 heavy (non-hydrogen) atoms. The average Bonchev–Trinajstić information content (AvgIpc) is 3.02. The van der Waals surface area contributed by atoms with E-state index in [9.17, 15) is 0 Å². The maximum absolute atomic E-state index is 6.25. The number of hydrogen-bond donors (Lipinski definition) is 2. The summed E-state index contributed by atoms with van der Waals surface area (Å²) in [5.41, 5.74) is 5.09. The first-order valence-corrected chi connectivity index (χ1v) is 9.28. The maximum Gasteiger partial charge on any atom is 0.214 e. The first-order chi connectivity index (χ1) is 13.0. The molecule has 0 saturated heterocycles. The van der Waals surface area contributed by atoms with E-state index in [2.05, 4.69) is 15.6 Å². The summed E-state index contributed by atoms with van der Waals surface area (Å²) in [5.74, 6) is 1.94. The predicted molar refractivity (Wildman–Crippen MR) is 110 cm³/mol. The summed E-state index contributed by atoms with van der Waals surface area (Å²) in [6, 6.07) is 13.4. The lowest BCUT2D eigenvalue weighted by Gasteiger charge is -2.19. The molecule has 1 heterocycles. The Balaban J connectivity index is 1.93. The molecule has 142 valence electrons. The van der Waals surface area contributed by atoms with Gasteiger partial charge in [0, 0.05) is 22.2 Å². The Morgan fingerprint density at radius 1 is 1.26 bits per heavy atom. The number of aromatic nitrogens is 3. The molecule has 3 aromatic rings. The highest BCUT2D eigenvalue weighted by atomic mass is 35.5. The Morgan fingerprint density at radius 2 is 2.00 bits per heavy atom. The number of nitrogens with zero attached hydrogens (tertiary/aromatic N) is 2. The molecule has 0 fully saturated rings. The van der Waals surface area contributed by atoms with Gasteiger partial charge in [0.15, 0.2) is 17.3 Å². The predicted octanol–water partition coefficient (Wildman–Crippen LogP) is 4.80. The SMILES string of the molecule is COc1cc(Cl)cc(CNn2c(-c3ccccc3)n[nH]c2=S)c1OC(C)C. The van der Waals surface area contributed by atoms with E-state index in [0.717, 1.165) is 11.1 Å². The van der Waals surface area contributed by atoms with E-state index in [4.69, 9.17) is 33.3 Å². The van der Waals surface area contributed by atoms with E-state index in [1.807, 2.05) is 50.2 Å². The largest absolute Gasteiger partial charge is 0.493 e. The van der Waals surface area contributed by atoms with E-state index >= 15 is 0 Å². The summed E-state index contributed by atoms with van der Waals surface area (Å²) in [4.78, 5) is 0. The van der Waals surface area contributed by atoms with Crippen molar-refractivity contribution in [2.75, 3.05) is 12.5 Å². The van der Waals surface area contributed by atoms with Crippen molar-refractivity contribution < 1.29 is 9.47 Å². The number of benzene rings is 2. The number of methoxy groups -OCH3 is 1. The van der Waals surface area contributed by atoms with Gasteiger partial charge in [-0.25, -0.2) is 9.77 Å². The number of nitrogens with one attached hydrogen (secondary N) is 2. The van der Waals surface area contributed by atoms with Gasteiger partial charge in [-0.2, -0.15) is 5.10 Å². The van der Waals surface area contributed by atoms with Gasteiger partial charge in [0.05, 0.1) is 19.8 Å². The molecule has 0 saturated carbocycles. The molecule has 0 amide bonds. The molecule has 0 aliphatic heterocycles. The quantitative estimate of drug-likeness (QED) is 0.554. The minimum Gasteiger partial charge on any atom is -0.493 e. The molecule has 0 aliphatic rings. The normalized spacial score (nSPS) is 10.9. The Kier molecular flexibility index (Phi) is 6.03.